The minimum Gasteiger partial charge on any atom is -0.396 e. The van der Waals surface area contributed by atoms with Crippen molar-refractivity contribution in [1.82, 2.24) is 0 Å². The highest BCUT2D eigenvalue weighted by Gasteiger charge is 2.28. The highest BCUT2D eigenvalue weighted by atomic mass is 32.2. The largest absolute Gasteiger partial charge is 0.396 e. The molecule has 1 aromatic carbocycles. The molecule has 1 fully saturated rings. The van der Waals surface area contributed by atoms with E-state index in [9.17, 15) is 8.42 Å². The van der Waals surface area contributed by atoms with Crippen LogP contribution in [0.2, 0.25) is 0 Å². The SMILES string of the molecule is CC1(Nc2cccc(S(C)(=O)=O)c2N)CCOCC1. The second kappa shape index (κ2) is 5.02. The third-order valence-electron chi connectivity index (χ3n) is 3.50. The quantitative estimate of drug-likeness (QED) is 0.825. The molecule has 6 heteroatoms. The van der Waals surface area contributed by atoms with Gasteiger partial charge in [-0.15, -0.1) is 0 Å². The van der Waals surface area contributed by atoms with Crippen molar-refractivity contribution < 1.29 is 13.2 Å². The lowest BCUT2D eigenvalue weighted by molar-refractivity contribution is 0.0658. The number of sulfone groups is 1. The van der Waals surface area contributed by atoms with Gasteiger partial charge in [-0.3, -0.25) is 0 Å². The molecule has 0 aromatic heterocycles. The number of anilines is 2. The van der Waals surface area contributed by atoms with Gasteiger partial charge in [-0.2, -0.15) is 0 Å². The van der Waals surface area contributed by atoms with Gasteiger partial charge in [0.15, 0.2) is 9.84 Å². The van der Waals surface area contributed by atoms with Crippen LogP contribution in [0.5, 0.6) is 0 Å². The lowest BCUT2D eigenvalue weighted by atomic mass is 9.92. The van der Waals surface area contributed by atoms with Crippen LogP contribution >= 0.6 is 0 Å². The van der Waals surface area contributed by atoms with E-state index in [4.69, 9.17) is 10.5 Å². The molecule has 5 nitrogen and oxygen atoms in total. The number of ether oxygens (including phenoxy) is 1. The van der Waals surface area contributed by atoms with E-state index in [1.165, 1.54) is 12.3 Å². The average molecular weight is 284 g/mol. The van der Waals surface area contributed by atoms with E-state index in [-0.39, 0.29) is 16.1 Å². The molecule has 0 amide bonds. The first-order valence-electron chi connectivity index (χ1n) is 6.26. The maximum absolute atomic E-state index is 11.7. The van der Waals surface area contributed by atoms with Crippen molar-refractivity contribution in [1.29, 1.82) is 0 Å². The van der Waals surface area contributed by atoms with Gasteiger partial charge < -0.3 is 15.8 Å². The first-order valence-corrected chi connectivity index (χ1v) is 8.15. The van der Waals surface area contributed by atoms with Crippen molar-refractivity contribution in [3.8, 4) is 0 Å². The van der Waals surface area contributed by atoms with Gasteiger partial charge in [-0.05, 0) is 31.9 Å². The molecule has 1 aliphatic heterocycles. The van der Waals surface area contributed by atoms with Gasteiger partial charge in [0.25, 0.3) is 0 Å². The molecule has 1 aliphatic rings. The predicted molar refractivity (Wildman–Crippen MR) is 76.0 cm³/mol. The van der Waals surface area contributed by atoms with Crippen LogP contribution in [0, 0.1) is 0 Å². The Kier molecular flexibility index (Phi) is 3.73. The molecular weight excluding hydrogens is 264 g/mol. The number of benzene rings is 1. The average Bonchev–Trinajstić information content (AvgIpc) is 2.31. The molecule has 0 radical (unpaired) electrons. The van der Waals surface area contributed by atoms with E-state index >= 15 is 0 Å². The third-order valence-corrected chi connectivity index (χ3v) is 4.65. The summed E-state index contributed by atoms with van der Waals surface area (Å²) >= 11 is 0. The molecule has 0 bridgehead atoms. The number of hydrogen-bond acceptors (Lipinski definition) is 5. The highest BCUT2D eigenvalue weighted by molar-refractivity contribution is 7.90. The van der Waals surface area contributed by atoms with Crippen molar-refractivity contribution in [2.45, 2.75) is 30.2 Å². The fourth-order valence-corrected chi connectivity index (χ4v) is 3.08. The normalized spacial score (nSPS) is 19.1. The minimum atomic E-state index is -3.31. The van der Waals surface area contributed by atoms with Gasteiger partial charge >= 0.3 is 0 Å². The van der Waals surface area contributed by atoms with Crippen LogP contribution in [0.3, 0.4) is 0 Å². The van der Waals surface area contributed by atoms with E-state index < -0.39 is 9.84 Å². The van der Waals surface area contributed by atoms with Crippen LogP contribution in [0.1, 0.15) is 19.8 Å². The van der Waals surface area contributed by atoms with Crippen molar-refractivity contribution in [2.75, 3.05) is 30.5 Å². The van der Waals surface area contributed by atoms with E-state index in [1.807, 2.05) is 6.07 Å². The standard InChI is InChI=1S/C13H20N2O3S/c1-13(6-8-18-9-7-13)15-10-4-3-5-11(12(10)14)19(2,16)17/h3-5,15H,6-9,14H2,1-2H3. The molecule has 0 unspecified atom stereocenters. The molecule has 1 saturated heterocycles. The highest BCUT2D eigenvalue weighted by Crippen LogP contribution is 2.32. The zero-order chi connectivity index (χ0) is 14.1. The molecule has 2 rings (SSSR count). The molecule has 106 valence electrons. The first kappa shape index (κ1) is 14.1. The van der Waals surface area contributed by atoms with Crippen molar-refractivity contribution in [2.24, 2.45) is 0 Å². The Labute approximate surface area is 114 Å². The maximum Gasteiger partial charge on any atom is 0.177 e. The summed E-state index contributed by atoms with van der Waals surface area (Å²) in [5.41, 5.74) is 6.83. The summed E-state index contributed by atoms with van der Waals surface area (Å²) in [5, 5.41) is 3.37. The summed E-state index contributed by atoms with van der Waals surface area (Å²) in [6.45, 7) is 3.51. The summed E-state index contributed by atoms with van der Waals surface area (Å²) in [4.78, 5) is 0.174. The van der Waals surface area contributed by atoms with E-state index in [1.54, 1.807) is 6.07 Å². The summed E-state index contributed by atoms with van der Waals surface area (Å²) < 4.78 is 28.6. The molecule has 0 spiro atoms. The Hall–Kier alpha value is -1.27. The Morgan fingerprint density at radius 3 is 2.53 bits per heavy atom. The summed E-state index contributed by atoms with van der Waals surface area (Å²) in [7, 11) is -3.31. The van der Waals surface area contributed by atoms with E-state index in [0.717, 1.165) is 12.8 Å². The number of nitrogens with one attached hydrogen (secondary N) is 1. The molecule has 3 N–H and O–H groups in total. The molecule has 0 saturated carbocycles. The fourth-order valence-electron chi connectivity index (χ4n) is 2.25. The first-order chi connectivity index (χ1) is 8.82. The molecule has 0 atom stereocenters. The Morgan fingerprint density at radius 1 is 1.32 bits per heavy atom. The lowest BCUT2D eigenvalue weighted by Crippen LogP contribution is -2.40. The molecular formula is C13H20N2O3S. The number of rotatable bonds is 3. The van der Waals surface area contributed by atoms with Gasteiger partial charge in [0, 0.05) is 25.0 Å². The fraction of sp³-hybridized carbons (Fsp3) is 0.538. The van der Waals surface area contributed by atoms with Gasteiger partial charge in [-0.1, -0.05) is 6.07 Å². The van der Waals surface area contributed by atoms with Crippen LogP contribution in [0.4, 0.5) is 11.4 Å². The number of para-hydroxylation sites is 1. The second-order valence-corrected chi connectivity index (χ2v) is 7.27. The van der Waals surface area contributed by atoms with Gasteiger partial charge in [-0.25, -0.2) is 8.42 Å². The Morgan fingerprint density at radius 2 is 1.95 bits per heavy atom. The van der Waals surface area contributed by atoms with Crippen molar-refractivity contribution >= 4 is 21.2 Å². The van der Waals surface area contributed by atoms with Crippen LogP contribution in [0.15, 0.2) is 23.1 Å². The predicted octanol–water partition coefficient (Wildman–Crippen LogP) is 1.65. The smallest absolute Gasteiger partial charge is 0.177 e. The second-order valence-electron chi connectivity index (χ2n) is 5.29. The van der Waals surface area contributed by atoms with Crippen LogP contribution in [-0.4, -0.2) is 33.4 Å². The summed E-state index contributed by atoms with van der Waals surface area (Å²) in [6, 6.07) is 5.05. The van der Waals surface area contributed by atoms with Gasteiger partial charge in [0.2, 0.25) is 0 Å². The van der Waals surface area contributed by atoms with Crippen molar-refractivity contribution in [3.05, 3.63) is 18.2 Å². The molecule has 1 heterocycles. The zero-order valence-electron chi connectivity index (χ0n) is 11.3. The minimum absolute atomic E-state index is 0.109. The van der Waals surface area contributed by atoms with Gasteiger partial charge in [0.05, 0.1) is 16.3 Å². The van der Waals surface area contributed by atoms with Crippen LogP contribution in [0.25, 0.3) is 0 Å². The number of hydrogen-bond donors (Lipinski definition) is 2. The topological polar surface area (TPSA) is 81.4 Å². The van der Waals surface area contributed by atoms with Gasteiger partial charge in [0.1, 0.15) is 0 Å². The number of nitrogen functional groups attached to an aromatic ring is 1. The lowest BCUT2D eigenvalue weighted by Gasteiger charge is -2.36. The van der Waals surface area contributed by atoms with E-state index in [0.29, 0.717) is 18.9 Å². The molecule has 19 heavy (non-hydrogen) atoms. The van der Waals surface area contributed by atoms with E-state index in [2.05, 4.69) is 12.2 Å². The monoisotopic (exact) mass is 284 g/mol. The van der Waals surface area contributed by atoms with Crippen molar-refractivity contribution in [3.63, 3.8) is 0 Å². The maximum atomic E-state index is 11.7. The number of nitrogens with two attached hydrogens (primary N) is 1. The molecule has 1 aromatic rings. The van der Waals surface area contributed by atoms with Crippen LogP contribution in [-0.2, 0) is 14.6 Å². The third kappa shape index (κ3) is 3.19. The molecule has 0 aliphatic carbocycles. The zero-order valence-corrected chi connectivity index (χ0v) is 12.1. The van der Waals surface area contributed by atoms with Crippen LogP contribution < -0.4 is 11.1 Å². The Bertz CT molecular complexity index is 563. The summed E-state index contributed by atoms with van der Waals surface area (Å²) in [6.07, 6.45) is 2.91. The Balaban J connectivity index is 2.31. The summed E-state index contributed by atoms with van der Waals surface area (Å²) in [5.74, 6) is 0.